The molecule has 0 aromatic heterocycles. The molecule has 0 saturated carbocycles. The van der Waals surface area contributed by atoms with E-state index in [0.717, 1.165) is 29.8 Å². The van der Waals surface area contributed by atoms with Gasteiger partial charge >= 0.3 is 0 Å². The predicted molar refractivity (Wildman–Crippen MR) is 120 cm³/mol. The van der Waals surface area contributed by atoms with Crippen LogP contribution < -0.4 is 10.3 Å². The minimum Gasteiger partial charge on any atom is -0.508 e. The zero-order chi connectivity index (χ0) is 21.2. The number of anilines is 1. The number of hydrogen-bond acceptors (Lipinski definition) is 4. The molecule has 152 valence electrons. The highest BCUT2D eigenvalue weighted by Crippen LogP contribution is 2.41. The lowest BCUT2D eigenvalue weighted by molar-refractivity contribution is 0.0955. The van der Waals surface area contributed by atoms with Crippen molar-refractivity contribution in [2.24, 2.45) is 5.10 Å². The van der Waals surface area contributed by atoms with E-state index in [1.54, 1.807) is 6.21 Å². The number of benzene rings is 2. The normalized spacial score (nSPS) is 15.2. The summed E-state index contributed by atoms with van der Waals surface area (Å²) < 4.78 is 0. The predicted octanol–water partition coefficient (Wildman–Crippen LogP) is 5.22. The van der Waals surface area contributed by atoms with E-state index < -0.39 is 0 Å². The van der Waals surface area contributed by atoms with Crippen LogP contribution in [0.1, 0.15) is 55.6 Å². The van der Waals surface area contributed by atoms with Crippen LogP contribution in [0.25, 0.3) is 5.57 Å². The van der Waals surface area contributed by atoms with Gasteiger partial charge in [-0.2, -0.15) is 5.10 Å². The maximum absolute atomic E-state index is 12.1. The molecule has 0 bridgehead atoms. The Hall–Kier alpha value is -2.79. The molecule has 1 aliphatic heterocycles. The number of hydrogen-bond donors (Lipinski definition) is 2. The number of aromatic hydroxyl groups is 1. The average Bonchev–Trinajstić information content (AvgIpc) is 2.66. The first-order valence-electron chi connectivity index (χ1n) is 9.66. The van der Waals surface area contributed by atoms with Gasteiger partial charge in [0.15, 0.2) is 0 Å². The second kappa shape index (κ2) is 8.29. The molecule has 1 heterocycles. The Bertz CT molecular complexity index is 978. The molecule has 0 unspecified atom stereocenters. The standard InChI is InChI=1S/C23H26ClN3O2/c1-5-10-27-21-12-20(24)17(11-19(21)15(2)13-23(27,3)4)14-25-26-22(29)16-6-8-18(28)9-7-16/h6-9,11-14,28H,5,10H2,1-4H3,(H,26,29)/b25-14-. The number of nitrogens with zero attached hydrogens (tertiary/aromatic N) is 2. The highest BCUT2D eigenvalue weighted by molar-refractivity contribution is 6.33. The molecule has 1 aliphatic rings. The van der Waals surface area contributed by atoms with Gasteiger partial charge in [0.25, 0.3) is 5.91 Å². The van der Waals surface area contributed by atoms with Gasteiger partial charge in [0.1, 0.15) is 5.75 Å². The van der Waals surface area contributed by atoms with Crippen LogP contribution in [0, 0.1) is 0 Å². The summed E-state index contributed by atoms with van der Waals surface area (Å²) in [6.45, 7) is 9.62. The number of phenols is 1. The number of hydrazone groups is 1. The van der Waals surface area contributed by atoms with Gasteiger partial charge in [0.05, 0.1) is 16.8 Å². The smallest absolute Gasteiger partial charge is 0.271 e. The fraction of sp³-hybridized carbons (Fsp3) is 0.304. The second-order valence-corrected chi connectivity index (χ2v) is 8.18. The Morgan fingerprint density at radius 3 is 2.62 bits per heavy atom. The van der Waals surface area contributed by atoms with E-state index in [-0.39, 0.29) is 17.2 Å². The van der Waals surface area contributed by atoms with E-state index >= 15 is 0 Å². The quantitative estimate of drug-likeness (QED) is 0.523. The largest absolute Gasteiger partial charge is 0.508 e. The van der Waals surface area contributed by atoms with Crippen LogP contribution >= 0.6 is 11.6 Å². The first-order valence-corrected chi connectivity index (χ1v) is 10.0. The van der Waals surface area contributed by atoms with Crippen LogP contribution in [-0.2, 0) is 0 Å². The molecule has 0 atom stereocenters. The van der Waals surface area contributed by atoms with E-state index in [1.165, 1.54) is 29.8 Å². The summed E-state index contributed by atoms with van der Waals surface area (Å²) in [4.78, 5) is 14.5. The Morgan fingerprint density at radius 1 is 1.28 bits per heavy atom. The molecular weight excluding hydrogens is 386 g/mol. The third-order valence-electron chi connectivity index (χ3n) is 5.04. The third kappa shape index (κ3) is 4.46. The van der Waals surface area contributed by atoms with Gasteiger partial charge in [-0.15, -0.1) is 0 Å². The molecule has 6 heteroatoms. The van der Waals surface area contributed by atoms with Crippen LogP contribution in [-0.4, -0.2) is 29.3 Å². The molecule has 0 saturated heterocycles. The highest BCUT2D eigenvalue weighted by Gasteiger charge is 2.31. The first kappa shape index (κ1) is 20.9. The van der Waals surface area contributed by atoms with Gasteiger partial charge in [0, 0.05) is 28.9 Å². The zero-order valence-electron chi connectivity index (χ0n) is 17.2. The zero-order valence-corrected chi connectivity index (χ0v) is 17.9. The number of amides is 1. The molecule has 5 nitrogen and oxygen atoms in total. The van der Waals surface area contributed by atoms with Gasteiger partial charge in [0.2, 0.25) is 0 Å². The summed E-state index contributed by atoms with van der Waals surface area (Å²) in [5.74, 6) is -0.253. The van der Waals surface area contributed by atoms with Crippen molar-refractivity contribution < 1.29 is 9.90 Å². The van der Waals surface area contributed by atoms with Crippen molar-refractivity contribution >= 4 is 35.0 Å². The summed E-state index contributed by atoms with van der Waals surface area (Å²) in [7, 11) is 0. The van der Waals surface area contributed by atoms with E-state index in [0.29, 0.717) is 10.6 Å². The van der Waals surface area contributed by atoms with Crippen molar-refractivity contribution in [2.45, 2.75) is 39.7 Å². The summed E-state index contributed by atoms with van der Waals surface area (Å²) in [6.07, 6.45) is 4.87. The molecule has 1 amide bonds. The van der Waals surface area contributed by atoms with E-state index in [2.05, 4.69) is 49.2 Å². The minimum absolute atomic E-state index is 0.0792. The number of nitrogens with one attached hydrogen (secondary N) is 1. The topological polar surface area (TPSA) is 64.9 Å². The van der Waals surface area contributed by atoms with Crippen molar-refractivity contribution in [2.75, 3.05) is 11.4 Å². The molecule has 0 aliphatic carbocycles. The fourth-order valence-electron chi connectivity index (χ4n) is 3.68. The van der Waals surface area contributed by atoms with Gasteiger partial charge in [-0.05, 0) is 69.2 Å². The Labute approximate surface area is 176 Å². The van der Waals surface area contributed by atoms with Crippen molar-refractivity contribution in [3.63, 3.8) is 0 Å². The van der Waals surface area contributed by atoms with Gasteiger partial charge < -0.3 is 10.0 Å². The Morgan fingerprint density at radius 2 is 1.97 bits per heavy atom. The highest BCUT2D eigenvalue weighted by atomic mass is 35.5. The maximum atomic E-state index is 12.1. The number of halogens is 1. The maximum Gasteiger partial charge on any atom is 0.271 e. The molecule has 0 radical (unpaired) electrons. The van der Waals surface area contributed by atoms with Gasteiger partial charge in [-0.1, -0.05) is 24.6 Å². The van der Waals surface area contributed by atoms with E-state index in [9.17, 15) is 9.90 Å². The van der Waals surface area contributed by atoms with Crippen LogP contribution in [0.2, 0.25) is 5.02 Å². The number of rotatable bonds is 5. The number of carbonyl (C=O) groups excluding carboxylic acids is 1. The molecule has 0 fully saturated rings. The SMILES string of the molecule is CCCN1c2cc(Cl)c(/C=N\NC(=O)c3ccc(O)cc3)cc2C(C)=CC1(C)C. The minimum atomic E-state index is -0.359. The first-order chi connectivity index (χ1) is 13.7. The lowest BCUT2D eigenvalue weighted by Crippen LogP contribution is -2.45. The van der Waals surface area contributed by atoms with Crippen molar-refractivity contribution in [1.29, 1.82) is 0 Å². The molecule has 29 heavy (non-hydrogen) atoms. The lowest BCUT2D eigenvalue weighted by Gasteiger charge is -2.43. The number of allylic oxidation sites excluding steroid dienone is 1. The van der Waals surface area contributed by atoms with Gasteiger partial charge in [-0.25, -0.2) is 5.43 Å². The van der Waals surface area contributed by atoms with Crippen LogP contribution in [0.5, 0.6) is 5.75 Å². The number of carbonyl (C=O) groups is 1. The summed E-state index contributed by atoms with van der Waals surface area (Å²) in [5, 5.41) is 13.9. The molecule has 2 aromatic rings. The van der Waals surface area contributed by atoms with Crippen molar-refractivity contribution in [3.8, 4) is 5.75 Å². The summed E-state index contributed by atoms with van der Waals surface area (Å²) in [6, 6.07) is 9.97. The third-order valence-corrected chi connectivity index (χ3v) is 5.37. The number of fused-ring (bicyclic) bond motifs is 1. The fourth-order valence-corrected chi connectivity index (χ4v) is 3.89. The molecular formula is C23H26ClN3O2. The summed E-state index contributed by atoms with van der Waals surface area (Å²) in [5.41, 5.74) is 6.99. The van der Waals surface area contributed by atoms with E-state index in [1.807, 2.05) is 12.1 Å². The van der Waals surface area contributed by atoms with Gasteiger partial charge in [-0.3, -0.25) is 4.79 Å². The van der Waals surface area contributed by atoms with Crippen LogP contribution in [0.15, 0.2) is 47.6 Å². The average molecular weight is 412 g/mol. The number of phenolic OH excluding ortho intramolecular Hbond substituents is 1. The van der Waals surface area contributed by atoms with Crippen LogP contribution in [0.4, 0.5) is 5.69 Å². The van der Waals surface area contributed by atoms with E-state index in [4.69, 9.17) is 11.6 Å². The van der Waals surface area contributed by atoms with Crippen LogP contribution in [0.3, 0.4) is 0 Å². The van der Waals surface area contributed by atoms with Crippen molar-refractivity contribution in [3.05, 3.63) is 64.2 Å². The Balaban J connectivity index is 1.85. The Kier molecular flexibility index (Phi) is 5.99. The summed E-state index contributed by atoms with van der Waals surface area (Å²) >= 11 is 6.54. The second-order valence-electron chi connectivity index (χ2n) is 7.77. The monoisotopic (exact) mass is 411 g/mol. The molecule has 0 spiro atoms. The van der Waals surface area contributed by atoms with Crippen molar-refractivity contribution in [1.82, 2.24) is 5.43 Å². The molecule has 2 N–H and O–H groups in total. The lowest BCUT2D eigenvalue weighted by atomic mass is 9.88. The molecule has 2 aromatic carbocycles. The molecule has 3 rings (SSSR count).